The summed E-state index contributed by atoms with van der Waals surface area (Å²) < 4.78 is 6.85. The maximum Gasteiger partial charge on any atom is 0.0600 e. The molecule has 1 aromatic rings. The van der Waals surface area contributed by atoms with Crippen molar-refractivity contribution in [2.45, 2.75) is 45.1 Å². The summed E-state index contributed by atoms with van der Waals surface area (Å²) in [7, 11) is 1.86. The predicted molar refractivity (Wildman–Crippen MR) is 87.7 cm³/mol. The van der Waals surface area contributed by atoms with Crippen LogP contribution in [-0.4, -0.2) is 13.2 Å². The molecule has 0 heterocycles. The zero-order valence-corrected chi connectivity index (χ0v) is 14.0. The Labute approximate surface area is 130 Å². The highest BCUT2D eigenvalue weighted by atomic mass is 79.9. The molecule has 2 heteroatoms. The molecule has 0 bridgehead atoms. The molecule has 2 aliphatic carbocycles. The van der Waals surface area contributed by atoms with E-state index >= 15 is 0 Å². The lowest BCUT2D eigenvalue weighted by Gasteiger charge is -2.43. The van der Waals surface area contributed by atoms with E-state index < -0.39 is 0 Å². The molecule has 0 aliphatic heterocycles. The van der Waals surface area contributed by atoms with Gasteiger partial charge in [-0.25, -0.2) is 0 Å². The van der Waals surface area contributed by atoms with Gasteiger partial charge in [0.2, 0.25) is 0 Å². The van der Waals surface area contributed by atoms with E-state index in [2.05, 4.69) is 47.6 Å². The summed E-state index contributed by atoms with van der Waals surface area (Å²) in [5.41, 5.74) is 4.51. The number of ether oxygens (including phenoxy) is 1. The Morgan fingerprint density at radius 2 is 2.25 bits per heavy atom. The Hall–Kier alpha value is -0.600. The zero-order chi connectivity index (χ0) is 14.3. The van der Waals surface area contributed by atoms with Crippen LogP contribution in [0.25, 0.3) is 5.57 Å². The van der Waals surface area contributed by atoms with Crippen molar-refractivity contribution < 1.29 is 4.74 Å². The van der Waals surface area contributed by atoms with E-state index in [-0.39, 0.29) is 0 Å². The minimum absolute atomic E-state index is 0.291. The van der Waals surface area contributed by atoms with Gasteiger partial charge in [-0.05, 0) is 65.8 Å². The molecule has 1 spiro atoms. The zero-order valence-electron chi connectivity index (χ0n) is 12.4. The van der Waals surface area contributed by atoms with Gasteiger partial charge in [-0.15, -0.1) is 0 Å². The molecule has 3 atom stereocenters. The average molecular weight is 335 g/mol. The first-order chi connectivity index (χ1) is 9.59. The van der Waals surface area contributed by atoms with E-state index in [4.69, 9.17) is 4.74 Å². The first-order valence-corrected chi connectivity index (χ1v) is 8.40. The molecule has 1 saturated carbocycles. The van der Waals surface area contributed by atoms with Crippen molar-refractivity contribution in [2.75, 3.05) is 7.11 Å². The number of rotatable bonds is 2. The van der Waals surface area contributed by atoms with E-state index in [1.54, 1.807) is 0 Å². The lowest BCUT2D eigenvalue weighted by Crippen LogP contribution is -2.37. The van der Waals surface area contributed by atoms with Gasteiger partial charge in [0.1, 0.15) is 0 Å². The summed E-state index contributed by atoms with van der Waals surface area (Å²) >= 11 is 3.59. The lowest BCUT2D eigenvalue weighted by molar-refractivity contribution is -0.00593. The third-order valence-corrected chi connectivity index (χ3v) is 5.97. The largest absolute Gasteiger partial charge is 0.381 e. The molecule has 2 aliphatic rings. The van der Waals surface area contributed by atoms with Gasteiger partial charge in [-0.2, -0.15) is 0 Å². The summed E-state index contributed by atoms with van der Waals surface area (Å²) in [5.74, 6) is 0.670. The van der Waals surface area contributed by atoms with Crippen molar-refractivity contribution in [3.63, 3.8) is 0 Å². The number of hydrogen-bond acceptors (Lipinski definition) is 1. The quantitative estimate of drug-likeness (QED) is 0.719. The van der Waals surface area contributed by atoms with Crippen LogP contribution in [0.5, 0.6) is 0 Å². The second-order valence-electron chi connectivity index (χ2n) is 6.42. The molecule has 0 saturated heterocycles. The number of allylic oxidation sites excluding steroid dienone is 1. The summed E-state index contributed by atoms with van der Waals surface area (Å²) in [6.07, 6.45) is 6.42. The maximum atomic E-state index is 5.69. The molecular weight excluding hydrogens is 312 g/mol. The Kier molecular flexibility index (Phi) is 3.81. The fourth-order valence-corrected chi connectivity index (χ4v) is 4.64. The molecule has 1 nitrogen and oxygen atoms in total. The van der Waals surface area contributed by atoms with Crippen molar-refractivity contribution in [1.29, 1.82) is 0 Å². The minimum Gasteiger partial charge on any atom is -0.381 e. The number of halogens is 1. The standard InChI is InChI=1S/C18H23BrO/c1-4-13-10-18(8-7-17(13)20-3)11-14-5-6-15(19)9-16(14)12(18)2/h5-6,9,13,17H,2,4,7-8,10-11H2,1,3H3/t13-,17-,18-/m1/s1. The summed E-state index contributed by atoms with van der Waals surface area (Å²) in [5, 5.41) is 0. The van der Waals surface area contributed by atoms with Crippen molar-refractivity contribution in [1.82, 2.24) is 0 Å². The van der Waals surface area contributed by atoms with Gasteiger partial charge in [0.25, 0.3) is 0 Å². The van der Waals surface area contributed by atoms with Crippen LogP contribution in [0.3, 0.4) is 0 Å². The average Bonchev–Trinajstić information content (AvgIpc) is 2.72. The Bertz CT molecular complexity index is 536. The van der Waals surface area contributed by atoms with Gasteiger partial charge in [0.05, 0.1) is 6.10 Å². The van der Waals surface area contributed by atoms with E-state index in [0.29, 0.717) is 17.4 Å². The molecule has 0 unspecified atom stereocenters. The van der Waals surface area contributed by atoms with Gasteiger partial charge < -0.3 is 4.74 Å². The highest BCUT2D eigenvalue weighted by molar-refractivity contribution is 9.10. The molecule has 1 fully saturated rings. The number of fused-ring (bicyclic) bond motifs is 1. The van der Waals surface area contributed by atoms with Gasteiger partial charge >= 0.3 is 0 Å². The number of benzene rings is 1. The van der Waals surface area contributed by atoms with Crippen LogP contribution in [0.4, 0.5) is 0 Å². The third kappa shape index (κ3) is 2.17. The van der Waals surface area contributed by atoms with Crippen molar-refractivity contribution in [3.05, 3.63) is 40.4 Å². The number of methoxy groups -OCH3 is 1. The summed E-state index contributed by atoms with van der Waals surface area (Å²) in [6.45, 7) is 6.76. The van der Waals surface area contributed by atoms with Gasteiger partial charge in [0, 0.05) is 11.6 Å². The summed E-state index contributed by atoms with van der Waals surface area (Å²) in [6, 6.07) is 6.67. The van der Waals surface area contributed by atoms with Crippen LogP contribution < -0.4 is 0 Å². The van der Waals surface area contributed by atoms with Crippen LogP contribution >= 0.6 is 15.9 Å². The normalized spacial score (nSPS) is 32.6. The lowest BCUT2D eigenvalue weighted by atomic mass is 9.64. The molecule has 1 aromatic carbocycles. The second kappa shape index (κ2) is 5.31. The second-order valence-corrected chi connectivity index (χ2v) is 7.34. The van der Waals surface area contributed by atoms with Crippen LogP contribution in [0.2, 0.25) is 0 Å². The van der Waals surface area contributed by atoms with Gasteiger partial charge in [0.15, 0.2) is 0 Å². The van der Waals surface area contributed by atoms with Crippen LogP contribution in [-0.2, 0) is 11.2 Å². The SMILES string of the molecule is C=C1c2cc(Br)ccc2C[C@]12CC[C@@H](OC)[C@H](CC)C2. The maximum absolute atomic E-state index is 5.69. The van der Waals surface area contributed by atoms with E-state index in [0.717, 1.165) is 4.47 Å². The Morgan fingerprint density at radius 1 is 1.45 bits per heavy atom. The molecule has 0 aromatic heterocycles. The third-order valence-electron chi connectivity index (χ3n) is 5.48. The fourth-order valence-electron chi connectivity index (χ4n) is 4.28. The predicted octanol–water partition coefficient (Wildman–Crippen LogP) is 5.23. The monoisotopic (exact) mass is 334 g/mol. The Balaban J connectivity index is 1.91. The fraction of sp³-hybridized carbons (Fsp3) is 0.556. The summed E-state index contributed by atoms with van der Waals surface area (Å²) in [4.78, 5) is 0. The van der Waals surface area contributed by atoms with Crippen LogP contribution in [0.1, 0.15) is 43.7 Å². The highest BCUT2D eigenvalue weighted by Crippen LogP contribution is 2.56. The van der Waals surface area contributed by atoms with Crippen molar-refractivity contribution >= 4 is 21.5 Å². The highest BCUT2D eigenvalue weighted by Gasteiger charge is 2.46. The minimum atomic E-state index is 0.291. The first kappa shape index (κ1) is 14.3. The van der Waals surface area contributed by atoms with Crippen LogP contribution in [0, 0.1) is 11.3 Å². The molecular formula is C18H23BrO. The topological polar surface area (TPSA) is 9.23 Å². The molecule has 0 N–H and O–H groups in total. The molecule has 0 amide bonds. The van der Waals surface area contributed by atoms with Crippen molar-refractivity contribution in [3.8, 4) is 0 Å². The van der Waals surface area contributed by atoms with E-state index in [9.17, 15) is 0 Å². The smallest absolute Gasteiger partial charge is 0.0600 e. The molecule has 0 radical (unpaired) electrons. The van der Waals surface area contributed by atoms with Crippen LogP contribution in [0.15, 0.2) is 29.3 Å². The molecule has 108 valence electrons. The van der Waals surface area contributed by atoms with Crippen molar-refractivity contribution in [2.24, 2.45) is 11.3 Å². The van der Waals surface area contributed by atoms with E-state index in [1.165, 1.54) is 48.8 Å². The number of hydrogen-bond donors (Lipinski definition) is 0. The molecule has 20 heavy (non-hydrogen) atoms. The Morgan fingerprint density at radius 3 is 2.95 bits per heavy atom. The molecule has 3 rings (SSSR count). The van der Waals surface area contributed by atoms with Gasteiger partial charge in [-0.1, -0.05) is 41.9 Å². The first-order valence-electron chi connectivity index (χ1n) is 7.60. The van der Waals surface area contributed by atoms with Gasteiger partial charge in [-0.3, -0.25) is 0 Å². The van der Waals surface area contributed by atoms with E-state index in [1.807, 2.05) is 7.11 Å².